The number of tetrazole rings is 1. The topological polar surface area (TPSA) is 144 Å². The van der Waals surface area contributed by atoms with E-state index in [0.717, 1.165) is 11.1 Å². The number of ether oxygens (including phenoxy) is 1. The number of aromatic amines is 1. The van der Waals surface area contributed by atoms with Crippen molar-refractivity contribution in [3.8, 4) is 16.8 Å². The van der Waals surface area contributed by atoms with Gasteiger partial charge in [-0.15, -0.1) is 5.10 Å². The minimum atomic E-state index is -0.582. The number of halogens is 1. The summed E-state index contributed by atoms with van der Waals surface area (Å²) >= 11 is 6.21. The number of hydrogen-bond donors (Lipinski definition) is 3. The van der Waals surface area contributed by atoms with Crippen molar-refractivity contribution in [1.82, 2.24) is 30.5 Å². The number of aromatic nitrogens is 5. The fourth-order valence-electron chi connectivity index (χ4n) is 4.45. The van der Waals surface area contributed by atoms with Crippen LogP contribution in [0.15, 0.2) is 102 Å². The van der Waals surface area contributed by atoms with E-state index in [2.05, 4.69) is 35.9 Å². The first kappa shape index (κ1) is 29.0. The van der Waals surface area contributed by atoms with Gasteiger partial charge in [-0.05, 0) is 76.0 Å². The Morgan fingerprint density at radius 1 is 1.02 bits per heavy atom. The van der Waals surface area contributed by atoms with Gasteiger partial charge in [0.25, 0.3) is 0 Å². The second-order valence-electron chi connectivity index (χ2n) is 9.42. The maximum absolute atomic E-state index is 13.2. The summed E-state index contributed by atoms with van der Waals surface area (Å²) in [6, 6.07) is 24.5. The molecule has 3 N–H and O–H groups in total. The van der Waals surface area contributed by atoms with Gasteiger partial charge in [0.05, 0.1) is 18.8 Å². The van der Waals surface area contributed by atoms with Crippen molar-refractivity contribution in [2.45, 2.75) is 12.5 Å². The Bertz CT molecular complexity index is 1800. The molecule has 0 aliphatic carbocycles. The summed E-state index contributed by atoms with van der Waals surface area (Å²) in [5.74, 6) is -0.381. The number of carbonyl (C=O) groups excluding carboxylic acids is 2. The molecule has 216 valence electrons. The number of rotatable bonds is 9. The molecule has 0 unspecified atom stereocenters. The van der Waals surface area contributed by atoms with E-state index in [9.17, 15) is 14.4 Å². The van der Waals surface area contributed by atoms with Crippen LogP contribution in [0.3, 0.4) is 0 Å². The van der Waals surface area contributed by atoms with Gasteiger partial charge in [0.15, 0.2) is 0 Å². The molecule has 5 aromatic rings. The highest BCUT2D eigenvalue weighted by molar-refractivity contribution is 6.30. The Balaban J connectivity index is 1.43. The molecule has 12 heteroatoms. The Kier molecular flexibility index (Phi) is 9.03. The molecule has 2 amide bonds. The predicted octanol–water partition coefficient (Wildman–Crippen LogP) is 4.96. The van der Waals surface area contributed by atoms with Crippen LogP contribution in [0.4, 0.5) is 10.5 Å². The summed E-state index contributed by atoms with van der Waals surface area (Å²) in [6.07, 6.45) is 4.31. The first-order chi connectivity index (χ1) is 20.9. The van der Waals surface area contributed by atoms with Crippen LogP contribution in [0.5, 0.6) is 0 Å². The third-order valence-corrected chi connectivity index (χ3v) is 6.72. The molecule has 3 aromatic carbocycles. The van der Waals surface area contributed by atoms with Crippen LogP contribution in [0.1, 0.15) is 22.9 Å². The number of nitrogens with zero attached hydrogens (tertiary/aromatic N) is 4. The molecule has 0 aliphatic heterocycles. The van der Waals surface area contributed by atoms with E-state index in [1.54, 1.807) is 48.5 Å². The minimum absolute atomic E-state index is 0.322. The third-order valence-electron chi connectivity index (χ3n) is 6.49. The second kappa shape index (κ2) is 13.4. The third kappa shape index (κ3) is 7.60. The maximum atomic E-state index is 13.2. The lowest BCUT2D eigenvalue weighted by Crippen LogP contribution is -2.30. The molecule has 0 saturated carbocycles. The number of hydrogen-bond acceptors (Lipinski definition) is 7. The van der Waals surface area contributed by atoms with Gasteiger partial charge < -0.3 is 15.0 Å². The Morgan fingerprint density at radius 3 is 2.53 bits per heavy atom. The van der Waals surface area contributed by atoms with Crippen LogP contribution < -0.4 is 16.2 Å². The fourth-order valence-corrected chi connectivity index (χ4v) is 4.63. The van der Waals surface area contributed by atoms with Crippen LogP contribution in [0.25, 0.3) is 22.9 Å². The molecule has 0 spiro atoms. The number of H-pyrrole nitrogens is 1. The summed E-state index contributed by atoms with van der Waals surface area (Å²) in [5, 5.41) is 17.4. The average Bonchev–Trinajstić information content (AvgIpc) is 3.55. The van der Waals surface area contributed by atoms with Crippen LogP contribution >= 0.6 is 11.6 Å². The minimum Gasteiger partial charge on any atom is -0.453 e. The monoisotopic (exact) mass is 595 g/mol. The first-order valence-corrected chi connectivity index (χ1v) is 13.5. The molecule has 0 radical (unpaired) electrons. The molecular formula is C31H26ClN7O4. The van der Waals surface area contributed by atoms with Gasteiger partial charge in [-0.1, -0.05) is 54.1 Å². The van der Waals surface area contributed by atoms with Crippen LogP contribution in [-0.2, 0) is 16.0 Å². The van der Waals surface area contributed by atoms with Crippen LogP contribution in [0, 0.1) is 0 Å². The summed E-state index contributed by atoms with van der Waals surface area (Å²) in [5.41, 5.74) is 4.40. The van der Waals surface area contributed by atoms with Crippen molar-refractivity contribution >= 4 is 35.4 Å². The van der Waals surface area contributed by atoms with Gasteiger partial charge in [-0.2, -0.15) is 4.68 Å². The molecule has 2 heterocycles. The Hall–Kier alpha value is -5.55. The van der Waals surface area contributed by atoms with Crippen LogP contribution in [0.2, 0.25) is 5.02 Å². The van der Waals surface area contributed by atoms with E-state index in [4.69, 9.17) is 11.6 Å². The first-order valence-electron chi connectivity index (χ1n) is 13.1. The van der Waals surface area contributed by atoms with Crippen molar-refractivity contribution in [2.24, 2.45) is 0 Å². The van der Waals surface area contributed by atoms with E-state index in [1.807, 2.05) is 36.4 Å². The van der Waals surface area contributed by atoms with E-state index >= 15 is 0 Å². The molecule has 0 fully saturated rings. The van der Waals surface area contributed by atoms with Crippen molar-refractivity contribution in [1.29, 1.82) is 0 Å². The zero-order chi connectivity index (χ0) is 30.2. The number of nitrogens with one attached hydrogen (secondary N) is 3. The lowest BCUT2D eigenvalue weighted by atomic mass is 9.99. The molecule has 11 nitrogen and oxygen atoms in total. The summed E-state index contributed by atoms with van der Waals surface area (Å²) in [4.78, 5) is 40.4. The van der Waals surface area contributed by atoms with Crippen molar-refractivity contribution in [3.63, 3.8) is 0 Å². The smallest absolute Gasteiger partial charge is 0.411 e. The number of methoxy groups -OCH3 is 1. The fraction of sp³-hybridized carbons (Fsp3) is 0.0968. The molecule has 0 bridgehead atoms. The van der Waals surface area contributed by atoms with E-state index in [0.29, 0.717) is 39.6 Å². The largest absolute Gasteiger partial charge is 0.453 e. The van der Waals surface area contributed by atoms with Crippen LogP contribution in [-0.4, -0.2) is 44.3 Å². The molecule has 0 aliphatic rings. The standard InChI is InChI=1S/C31H26ClN7O4/c1-43-31(42)34-25-11-7-21(8-12-25)23-17-27(36-30(41)18-23)26(15-20-5-3-2-4-6-20)35-29(40)14-9-22-16-24(32)10-13-28(22)39-19-33-37-38-39/h2-14,16-19,26H,15H2,1H3,(H,34,42)(H,35,40)(H,36,41)/t26-/m0/s1. The Labute approximate surface area is 251 Å². The highest BCUT2D eigenvalue weighted by Gasteiger charge is 2.17. The normalized spacial score (nSPS) is 11.7. The maximum Gasteiger partial charge on any atom is 0.411 e. The number of benzene rings is 3. The second-order valence-corrected chi connectivity index (χ2v) is 9.86. The SMILES string of the molecule is COC(=O)Nc1ccc(-c2cc([C@H](Cc3ccccc3)NC(=O)C=Cc3cc(Cl)ccc3-n3cnnn3)[nH]c(=O)c2)cc1. The van der Waals surface area contributed by atoms with Crippen molar-refractivity contribution in [2.75, 3.05) is 12.4 Å². The Morgan fingerprint density at radius 2 is 1.81 bits per heavy atom. The lowest BCUT2D eigenvalue weighted by molar-refractivity contribution is -0.117. The number of carbonyl (C=O) groups is 2. The molecule has 5 rings (SSSR count). The van der Waals surface area contributed by atoms with Gasteiger partial charge in [0.2, 0.25) is 11.5 Å². The zero-order valence-electron chi connectivity index (χ0n) is 22.9. The highest BCUT2D eigenvalue weighted by Crippen LogP contribution is 2.25. The molecule has 0 saturated heterocycles. The van der Waals surface area contributed by atoms with Gasteiger partial charge in [0, 0.05) is 34.1 Å². The number of anilines is 1. The molecule has 2 aromatic heterocycles. The van der Waals surface area contributed by atoms with E-state index in [1.165, 1.54) is 30.3 Å². The number of pyridine rings is 1. The van der Waals surface area contributed by atoms with Gasteiger partial charge >= 0.3 is 6.09 Å². The molecule has 1 atom stereocenters. The van der Waals surface area contributed by atoms with E-state index < -0.39 is 12.1 Å². The predicted molar refractivity (Wildman–Crippen MR) is 163 cm³/mol. The lowest BCUT2D eigenvalue weighted by Gasteiger charge is -2.19. The molecule has 43 heavy (non-hydrogen) atoms. The average molecular weight is 596 g/mol. The summed E-state index contributed by atoms with van der Waals surface area (Å²) in [7, 11) is 1.28. The highest BCUT2D eigenvalue weighted by atomic mass is 35.5. The quantitative estimate of drug-likeness (QED) is 0.204. The molecular weight excluding hydrogens is 570 g/mol. The summed E-state index contributed by atoms with van der Waals surface area (Å²) in [6.45, 7) is 0. The van der Waals surface area contributed by atoms with Gasteiger partial charge in [-0.3, -0.25) is 14.9 Å². The van der Waals surface area contributed by atoms with Crippen molar-refractivity contribution in [3.05, 3.63) is 130 Å². The number of amides is 2. The zero-order valence-corrected chi connectivity index (χ0v) is 23.7. The van der Waals surface area contributed by atoms with Gasteiger partial charge in [0.1, 0.15) is 6.33 Å². The van der Waals surface area contributed by atoms with E-state index in [-0.39, 0.29) is 11.5 Å². The summed E-state index contributed by atoms with van der Waals surface area (Å²) < 4.78 is 6.10. The van der Waals surface area contributed by atoms with Crippen molar-refractivity contribution < 1.29 is 14.3 Å². The van der Waals surface area contributed by atoms with Gasteiger partial charge in [-0.25, -0.2) is 4.79 Å².